The van der Waals surface area contributed by atoms with Gasteiger partial charge in [-0.05, 0) is 59.8 Å². The van der Waals surface area contributed by atoms with Gasteiger partial charge in [-0.1, -0.05) is 0 Å². The molecule has 2 rings (SSSR count). The van der Waals surface area contributed by atoms with Crippen molar-refractivity contribution < 1.29 is 17.9 Å². The minimum atomic E-state index is -3.71. The zero-order chi connectivity index (χ0) is 14.0. The van der Waals surface area contributed by atoms with E-state index < -0.39 is 15.8 Å². The van der Waals surface area contributed by atoms with Gasteiger partial charge in [-0.3, -0.25) is 0 Å². The summed E-state index contributed by atoms with van der Waals surface area (Å²) in [5, 5.41) is 9.38. The molecular formula is C12H15BrFNO3S. The molecule has 1 fully saturated rings. The number of nitrogens with one attached hydrogen (secondary N) is 1. The predicted molar refractivity (Wildman–Crippen MR) is 72.7 cm³/mol. The number of aliphatic hydroxyl groups is 1. The fourth-order valence-corrected chi connectivity index (χ4v) is 3.69. The van der Waals surface area contributed by atoms with Gasteiger partial charge in [0.15, 0.2) is 0 Å². The summed E-state index contributed by atoms with van der Waals surface area (Å²) in [6.07, 6.45) is 2.02. The monoisotopic (exact) mass is 351 g/mol. The van der Waals surface area contributed by atoms with Crippen molar-refractivity contribution >= 4 is 26.0 Å². The van der Waals surface area contributed by atoms with E-state index in [1.807, 2.05) is 0 Å². The number of sulfonamides is 1. The Kier molecular flexibility index (Phi) is 4.60. The number of halogens is 2. The van der Waals surface area contributed by atoms with E-state index in [0.29, 0.717) is 25.7 Å². The molecule has 0 aromatic heterocycles. The normalized spacial score (nSPS) is 24.4. The Morgan fingerprint density at radius 3 is 2.47 bits per heavy atom. The zero-order valence-electron chi connectivity index (χ0n) is 10.1. The van der Waals surface area contributed by atoms with E-state index in [1.54, 1.807) is 0 Å². The molecule has 19 heavy (non-hydrogen) atoms. The van der Waals surface area contributed by atoms with E-state index in [9.17, 15) is 17.9 Å². The maximum atomic E-state index is 13.4. The molecule has 1 saturated carbocycles. The summed E-state index contributed by atoms with van der Waals surface area (Å²) < 4.78 is 40.3. The minimum absolute atomic E-state index is 0.0840. The van der Waals surface area contributed by atoms with Gasteiger partial charge in [-0.25, -0.2) is 17.5 Å². The average molecular weight is 352 g/mol. The fourth-order valence-electron chi connectivity index (χ4n) is 2.13. The molecule has 0 radical (unpaired) electrons. The molecule has 7 heteroatoms. The Balaban J connectivity index is 2.11. The average Bonchev–Trinajstić information content (AvgIpc) is 2.35. The first-order valence-corrected chi connectivity index (χ1v) is 8.31. The Hall–Kier alpha value is -0.500. The fraction of sp³-hybridized carbons (Fsp3) is 0.500. The number of hydrogen-bond donors (Lipinski definition) is 2. The molecule has 4 nitrogen and oxygen atoms in total. The smallest absolute Gasteiger partial charge is 0.240 e. The Morgan fingerprint density at radius 1 is 1.26 bits per heavy atom. The van der Waals surface area contributed by atoms with Gasteiger partial charge >= 0.3 is 0 Å². The third-order valence-electron chi connectivity index (χ3n) is 3.22. The van der Waals surface area contributed by atoms with Crippen LogP contribution in [-0.4, -0.2) is 25.7 Å². The minimum Gasteiger partial charge on any atom is -0.393 e. The Labute approximate surface area is 120 Å². The lowest BCUT2D eigenvalue weighted by Gasteiger charge is -2.25. The highest BCUT2D eigenvalue weighted by molar-refractivity contribution is 9.10. The third-order valence-corrected chi connectivity index (χ3v) is 5.38. The Bertz CT molecular complexity index is 556. The molecule has 0 saturated heterocycles. The summed E-state index contributed by atoms with van der Waals surface area (Å²) in [4.78, 5) is -0.0840. The third kappa shape index (κ3) is 3.75. The van der Waals surface area contributed by atoms with Crippen LogP contribution in [0.3, 0.4) is 0 Å². The van der Waals surface area contributed by atoms with Gasteiger partial charge < -0.3 is 5.11 Å². The number of rotatable bonds is 3. The summed E-state index contributed by atoms with van der Waals surface area (Å²) >= 11 is 2.98. The van der Waals surface area contributed by atoms with Crippen molar-refractivity contribution in [1.29, 1.82) is 0 Å². The molecule has 2 N–H and O–H groups in total. The molecule has 0 unspecified atom stereocenters. The number of hydrogen-bond acceptors (Lipinski definition) is 3. The highest BCUT2D eigenvalue weighted by atomic mass is 79.9. The van der Waals surface area contributed by atoms with Crippen LogP contribution in [0, 0.1) is 5.82 Å². The van der Waals surface area contributed by atoms with Crippen LogP contribution in [0.2, 0.25) is 0 Å². The van der Waals surface area contributed by atoms with Crippen molar-refractivity contribution in [2.75, 3.05) is 0 Å². The van der Waals surface area contributed by atoms with E-state index in [0.717, 1.165) is 6.07 Å². The van der Waals surface area contributed by atoms with Crippen LogP contribution in [0.15, 0.2) is 27.6 Å². The van der Waals surface area contributed by atoms with Gasteiger partial charge in [-0.15, -0.1) is 0 Å². The lowest BCUT2D eigenvalue weighted by molar-refractivity contribution is 0.120. The summed E-state index contributed by atoms with van der Waals surface area (Å²) in [6.45, 7) is 0. The largest absolute Gasteiger partial charge is 0.393 e. The summed E-state index contributed by atoms with van der Waals surface area (Å²) in [6, 6.07) is 3.52. The highest BCUT2D eigenvalue weighted by Crippen LogP contribution is 2.22. The molecule has 0 heterocycles. The van der Waals surface area contributed by atoms with Crippen molar-refractivity contribution in [3.8, 4) is 0 Å². The standard InChI is InChI=1S/C12H15BrFNO3S/c13-11-6-5-10(7-12(11)14)19(17,18)15-8-1-3-9(16)4-2-8/h5-9,15-16H,1-4H2/t8-,9-. The van der Waals surface area contributed by atoms with Crippen molar-refractivity contribution in [2.45, 2.75) is 42.7 Å². The maximum Gasteiger partial charge on any atom is 0.240 e. The van der Waals surface area contributed by atoms with Gasteiger partial charge in [0.2, 0.25) is 10.0 Å². The summed E-state index contributed by atoms with van der Waals surface area (Å²) in [5.41, 5.74) is 0. The van der Waals surface area contributed by atoms with E-state index in [1.165, 1.54) is 12.1 Å². The van der Waals surface area contributed by atoms with Crippen LogP contribution >= 0.6 is 15.9 Å². The molecule has 1 aromatic carbocycles. The van der Waals surface area contributed by atoms with E-state index in [-0.39, 0.29) is 21.5 Å². The van der Waals surface area contributed by atoms with Crippen LogP contribution in [0.1, 0.15) is 25.7 Å². The molecule has 106 valence electrons. The second-order valence-corrected chi connectivity index (χ2v) is 7.27. The molecule has 1 aromatic rings. The van der Waals surface area contributed by atoms with Crippen LogP contribution in [-0.2, 0) is 10.0 Å². The second-order valence-electron chi connectivity index (χ2n) is 4.70. The van der Waals surface area contributed by atoms with Crippen LogP contribution < -0.4 is 4.72 Å². The highest BCUT2D eigenvalue weighted by Gasteiger charge is 2.25. The molecular weight excluding hydrogens is 337 g/mol. The van der Waals surface area contributed by atoms with Gasteiger partial charge in [0.25, 0.3) is 0 Å². The second kappa shape index (κ2) is 5.87. The van der Waals surface area contributed by atoms with Gasteiger partial charge in [0, 0.05) is 6.04 Å². The van der Waals surface area contributed by atoms with Crippen LogP contribution in [0.4, 0.5) is 4.39 Å². The first kappa shape index (κ1) is 14.9. The molecule has 1 aliphatic carbocycles. The van der Waals surface area contributed by atoms with Crippen molar-refractivity contribution in [3.63, 3.8) is 0 Å². The SMILES string of the molecule is O=S(=O)(N[C@H]1CC[C@H](O)CC1)c1ccc(Br)c(F)c1. The molecule has 0 aliphatic heterocycles. The quantitative estimate of drug-likeness (QED) is 0.876. The van der Waals surface area contributed by atoms with E-state index in [2.05, 4.69) is 20.7 Å². The molecule has 0 bridgehead atoms. The Morgan fingerprint density at radius 2 is 1.89 bits per heavy atom. The zero-order valence-corrected chi connectivity index (χ0v) is 12.5. The van der Waals surface area contributed by atoms with Gasteiger partial charge in [0.05, 0.1) is 15.5 Å². The predicted octanol–water partition coefficient (Wildman–Crippen LogP) is 2.17. The summed E-state index contributed by atoms with van der Waals surface area (Å²) in [5.74, 6) is -0.609. The molecule has 0 amide bonds. The lowest BCUT2D eigenvalue weighted by Crippen LogP contribution is -2.38. The van der Waals surface area contributed by atoms with Crippen LogP contribution in [0.5, 0.6) is 0 Å². The lowest BCUT2D eigenvalue weighted by atomic mass is 9.94. The first-order chi connectivity index (χ1) is 8.88. The van der Waals surface area contributed by atoms with Crippen molar-refractivity contribution in [3.05, 3.63) is 28.5 Å². The maximum absolute atomic E-state index is 13.4. The first-order valence-electron chi connectivity index (χ1n) is 6.04. The van der Waals surface area contributed by atoms with Crippen LogP contribution in [0.25, 0.3) is 0 Å². The molecule has 0 atom stereocenters. The number of benzene rings is 1. The molecule has 0 spiro atoms. The van der Waals surface area contributed by atoms with Gasteiger partial charge in [0.1, 0.15) is 5.82 Å². The molecule has 1 aliphatic rings. The summed E-state index contributed by atoms with van der Waals surface area (Å²) in [7, 11) is -3.71. The van der Waals surface area contributed by atoms with Crippen molar-refractivity contribution in [2.24, 2.45) is 0 Å². The van der Waals surface area contributed by atoms with E-state index >= 15 is 0 Å². The topological polar surface area (TPSA) is 66.4 Å². The van der Waals surface area contributed by atoms with Gasteiger partial charge in [-0.2, -0.15) is 0 Å². The number of aliphatic hydroxyl groups excluding tert-OH is 1. The van der Waals surface area contributed by atoms with E-state index in [4.69, 9.17) is 0 Å². The van der Waals surface area contributed by atoms with Crippen molar-refractivity contribution in [1.82, 2.24) is 4.72 Å².